The van der Waals surface area contributed by atoms with Crippen molar-refractivity contribution >= 4 is 17.8 Å². The summed E-state index contributed by atoms with van der Waals surface area (Å²) in [5.41, 5.74) is 2.57. The van der Waals surface area contributed by atoms with E-state index in [1.807, 2.05) is 33.1 Å². The zero-order valence-corrected chi connectivity index (χ0v) is 21.6. The number of hydrogen-bond acceptors (Lipinski definition) is 4. The summed E-state index contributed by atoms with van der Waals surface area (Å²) >= 11 is 5.93. The number of halogens is 1. The maximum Gasteiger partial charge on any atom is 0.0643 e. The molecule has 0 amide bonds. The van der Waals surface area contributed by atoms with Crippen LogP contribution >= 0.6 is 11.6 Å². The van der Waals surface area contributed by atoms with Crippen LogP contribution in [0.4, 0.5) is 0 Å². The van der Waals surface area contributed by atoms with Gasteiger partial charge in [0.25, 0.3) is 0 Å². The summed E-state index contributed by atoms with van der Waals surface area (Å²) in [5.74, 6) is 0. The molecule has 1 unspecified atom stereocenters. The Morgan fingerprint density at radius 3 is 2.17 bits per heavy atom. The summed E-state index contributed by atoms with van der Waals surface area (Å²) in [6.07, 6.45) is 9.83. The first-order chi connectivity index (χ1) is 14.3. The molecule has 0 aromatic carbocycles. The Balaban J connectivity index is -0.00000171. The van der Waals surface area contributed by atoms with Gasteiger partial charge in [-0.1, -0.05) is 71.5 Å². The topological polar surface area (TPSA) is 47.9 Å². The first-order valence-electron chi connectivity index (χ1n) is 11.2. The Hall–Kier alpha value is -1.36. The summed E-state index contributed by atoms with van der Waals surface area (Å²) in [5, 5.41) is 11.3. The van der Waals surface area contributed by atoms with Crippen molar-refractivity contribution in [1.82, 2.24) is 10.2 Å². The second-order valence-corrected chi connectivity index (χ2v) is 7.10. The second-order valence-electron chi connectivity index (χ2n) is 6.50. The van der Waals surface area contributed by atoms with Gasteiger partial charge in [-0.2, -0.15) is 0 Å². The molecular weight excluding hydrogens is 394 g/mol. The van der Waals surface area contributed by atoms with E-state index in [0.717, 1.165) is 68.0 Å². The first-order valence-corrected chi connectivity index (χ1v) is 11.6. The van der Waals surface area contributed by atoms with E-state index in [2.05, 4.69) is 62.1 Å². The van der Waals surface area contributed by atoms with Crippen LogP contribution in [0, 0.1) is 0 Å². The lowest BCUT2D eigenvalue weighted by atomic mass is 10.1. The van der Waals surface area contributed by atoms with E-state index in [9.17, 15) is 0 Å². The molecule has 0 rings (SSSR count). The highest BCUT2D eigenvalue weighted by atomic mass is 35.5. The van der Waals surface area contributed by atoms with Crippen molar-refractivity contribution in [3.05, 3.63) is 47.3 Å². The molecule has 0 saturated carbocycles. The molecule has 1 atom stereocenters. The minimum Gasteiger partial charge on any atom is -0.400 e. The minimum atomic E-state index is 0.356. The van der Waals surface area contributed by atoms with Crippen LogP contribution in [-0.2, 0) is 0 Å². The fraction of sp³-hybridized carbons (Fsp3) is 0.640. The third-order valence-corrected chi connectivity index (χ3v) is 4.37. The van der Waals surface area contributed by atoms with Gasteiger partial charge in [-0.25, -0.2) is 0 Å². The van der Waals surface area contributed by atoms with Crippen LogP contribution in [0.2, 0.25) is 0 Å². The second kappa shape index (κ2) is 23.9. The van der Waals surface area contributed by atoms with Crippen molar-refractivity contribution in [2.24, 2.45) is 4.99 Å². The normalized spacial score (nSPS) is 12.6. The van der Waals surface area contributed by atoms with Gasteiger partial charge >= 0.3 is 0 Å². The third kappa shape index (κ3) is 18.7. The number of nitrogens with one attached hydrogen (secondary N) is 1. The van der Waals surface area contributed by atoms with Gasteiger partial charge in [-0.05, 0) is 59.2 Å². The van der Waals surface area contributed by atoms with E-state index in [1.165, 1.54) is 6.42 Å². The summed E-state index contributed by atoms with van der Waals surface area (Å²) < 4.78 is 0. The highest BCUT2D eigenvalue weighted by Gasteiger charge is 2.10. The molecular formula is C25H48ClN3O. The molecule has 30 heavy (non-hydrogen) atoms. The van der Waals surface area contributed by atoms with E-state index in [1.54, 1.807) is 0 Å². The molecule has 0 aromatic rings. The highest BCUT2D eigenvalue weighted by Crippen LogP contribution is 2.19. The first kappa shape index (κ1) is 33.3. The van der Waals surface area contributed by atoms with E-state index in [0.29, 0.717) is 6.04 Å². The van der Waals surface area contributed by atoms with Crippen molar-refractivity contribution < 1.29 is 5.11 Å². The van der Waals surface area contributed by atoms with Gasteiger partial charge in [0.1, 0.15) is 0 Å². The van der Waals surface area contributed by atoms with Crippen LogP contribution in [-0.4, -0.2) is 49.0 Å². The fourth-order valence-corrected chi connectivity index (χ4v) is 2.72. The lowest BCUT2D eigenvalue weighted by Crippen LogP contribution is -2.29. The summed E-state index contributed by atoms with van der Waals surface area (Å²) in [4.78, 5) is 6.88. The molecule has 0 heterocycles. The zero-order chi connectivity index (χ0) is 23.9. The molecule has 0 aromatic heterocycles. The Morgan fingerprint density at radius 1 is 1.13 bits per heavy atom. The van der Waals surface area contributed by atoms with Crippen LogP contribution in [0.5, 0.6) is 0 Å². The van der Waals surface area contributed by atoms with Crippen LogP contribution in [0.15, 0.2) is 52.3 Å². The van der Waals surface area contributed by atoms with E-state index < -0.39 is 0 Å². The lowest BCUT2D eigenvalue weighted by molar-refractivity contribution is 0.292. The molecule has 0 spiro atoms. The van der Waals surface area contributed by atoms with Crippen LogP contribution in [0.3, 0.4) is 0 Å². The molecule has 176 valence electrons. The Bertz CT molecular complexity index is 516. The Morgan fingerprint density at radius 2 is 1.70 bits per heavy atom. The molecule has 4 nitrogen and oxygen atoms in total. The van der Waals surface area contributed by atoms with Gasteiger partial charge in [0, 0.05) is 35.7 Å². The molecule has 0 fully saturated rings. The minimum absolute atomic E-state index is 0.356. The van der Waals surface area contributed by atoms with Gasteiger partial charge in [0.15, 0.2) is 0 Å². The monoisotopic (exact) mass is 441 g/mol. The smallest absolute Gasteiger partial charge is 0.0643 e. The Kier molecular flexibility index (Phi) is 26.5. The van der Waals surface area contributed by atoms with Gasteiger partial charge in [0.05, 0.1) is 5.70 Å². The molecule has 0 aliphatic carbocycles. The number of nitrogens with zero attached hydrogens (tertiary/aromatic N) is 2. The molecule has 0 radical (unpaired) electrons. The van der Waals surface area contributed by atoms with Crippen LogP contribution < -0.4 is 5.32 Å². The van der Waals surface area contributed by atoms with Gasteiger partial charge in [-0.3, -0.25) is 4.99 Å². The molecule has 0 saturated heterocycles. The van der Waals surface area contributed by atoms with E-state index >= 15 is 0 Å². The maximum absolute atomic E-state index is 7.00. The quantitative estimate of drug-likeness (QED) is 0.233. The molecule has 5 heteroatoms. The third-order valence-electron chi connectivity index (χ3n) is 4.21. The van der Waals surface area contributed by atoms with Crippen molar-refractivity contribution in [3.63, 3.8) is 0 Å². The van der Waals surface area contributed by atoms with E-state index in [-0.39, 0.29) is 0 Å². The van der Waals surface area contributed by atoms with Crippen molar-refractivity contribution in [3.8, 4) is 0 Å². The molecule has 2 N–H and O–H groups in total. The van der Waals surface area contributed by atoms with E-state index in [4.69, 9.17) is 16.7 Å². The van der Waals surface area contributed by atoms with Crippen LogP contribution in [0.25, 0.3) is 0 Å². The van der Waals surface area contributed by atoms with Crippen molar-refractivity contribution in [2.45, 2.75) is 80.2 Å². The molecule has 0 aliphatic heterocycles. The van der Waals surface area contributed by atoms with Crippen LogP contribution in [0.1, 0.15) is 74.1 Å². The zero-order valence-electron chi connectivity index (χ0n) is 20.9. The predicted octanol–water partition coefficient (Wildman–Crippen LogP) is 6.69. The summed E-state index contributed by atoms with van der Waals surface area (Å²) in [7, 11) is 1.00. The Labute approximate surface area is 192 Å². The van der Waals surface area contributed by atoms with Gasteiger partial charge in [-0.15, -0.1) is 0 Å². The fourth-order valence-electron chi connectivity index (χ4n) is 2.63. The summed E-state index contributed by atoms with van der Waals surface area (Å²) in [6.45, 7) is 26.2. The number of aliphatic hydroxyl groups excluding tert-OH is 1. The standard InChI is InChI=1S/C22H38ClN3.C2H6.CH4O/c1-8-16-24-20(6)22(15-11-13-18(4)23)21(7)25-19(5)14-12-17-26(9-2)10-3;2*1-2/h13,15-16,19,25H,6-12,14,17H2,1-5H3;1-2H3;2H,1H3/b18-13+,22-15+,24-16?;;. The largest absolute Gasteiger partial charge is 0.400 e. The molecule has 0 bridgehead atoms. The van der Waals surface area contributed by atoms with Gasteiger partial charge < -0.3 is 15.3 Å². The SMILES string of the molecule is C=C(N=CCC)/C(=C\C/C=C(\C)Cl)C(=C)NC(C)CCCN(CC)CC.CC.CO. The highest BCUT2D eigenvalue weighted by molar-refractivity contribution is 6.29. The average Bonchev–Trinajstić information content (AvgIpc) is 2.75. The predicted molar refractivity (Wildman–Crippen MR) is 138 cm³/mol. The number of aliphatic imine (C=N–C) groups is 1. The maximum atomic E-state index is 7.00. The lowest BCUT2D eigenvalue weighted by Gasteiger charge is -2.22. The number of hydrogen-bond donors (Lipinski definition) is 2. The number of rotatable bonds is 14. The average molecular weight is 442 g/mol. The number of aliphatic hydroxyl groups is 1. The summed E-state index contributed by atoms with van der Waals surface area (Å²) in [6, 6.07) is 0.356. The number of allylic oxidation sites excluding steroid dienone is 3. The van der Waals surface area contributed by atoms with Crippen molar-refractivity contribution in [1.29, 1.82) is 0 Å². The van der Waals surface area contributed by atoms with Crippen molar-refractivity contribution in [2.75, 3.05) is 26.7 Å². The molecule has 0 aliphatic rings. The van der Waals surface area contributed by atoms with Gasteiger partial charge in [0.2, 0.25) is 0 Å².